The predicted octanol–water partition coefficient (Wildman–Crippen LogP) is 13.4. The second-order valence-corrected chi connectivity index (χ2v) is 17.3. The van der Waals surface area contributed by atoms with Gasteiger partial charge in [0.15, 0.2) is 0 Å². The second kappa shape index (κ2) is 10.1. The minimum absolute atomic E-state index is 0.0238. The lowest BCUT2D eigenvalue weighted by Gasteiger charge is -2.44. The normalized spacial score (nSPS) is 17.5. The van der Waals surface area contributed by atoms with Crippen LogP contribution in [0.5, 0.6) is 0 Å². The molecule has 256 valence electrons. The Bertz CT molecular complexity index is 2790. The summed E-state index contributed by atoms with van der Waals surface area (Å²) in [6.45, 7) is 14.7. The molecule has 0 unspecified atom stereocenters. The van der Waals surface area contributed by atoms with Gasteiger partial charge in [0.05, 0.1) is 16.4 Å². The van der Waals surface area contributed by atoms with Gasteiger partial charge in [-0.15, -0.1) is 0 Å². The maximum absolute atomic E-state index is 2.55. The molecule has 0 bridgehead atoms. The molecule has 0 amide bonds. The molecular weight excluding hydrogens is 639 g/mol. The summed E-state index contributed by atoms with van der Waals surface area (Å²) in [5.41, 5.74) is 19.9. The topological polar surface area (TPSA) is 4.93 Å². The molecule has 7 aromatic carbocycles. The van der Waals surface area contributed by atoms with Crippen molar-refractivity contribution in [3.05, 3.63) is 185 Å². The minimum atomic E-state index is -0.353. The molecule has 0 atom stereocenters. The van der Waals surface area contributed by atoms with Gasteiger partial charge in [0, 0.05) is 16.5 Å². The van der Waals surface area contributed by atoms with E-state index in [1.54, 1.807) is 0 Å². The predicted molar refractivity (Wildman–Crippen MR) is 222 cm³/mol. The summed E-state index contributed by atoms with van der Waals surface area (Å²) < 4.78 is 2.49. The molecule has 0 N–H and O–H groups in total. The van der Waals surface area contributed by atoms with Crippen molar-refractivity contribution in [1.29, 1.82) is 0 Å². The summed E-state index contributed by atoms with van der Waals surface area (Å²) in [4.78, 5) is 0. The lowest BCUT2D eigenvalue weighted by atomic mass is 9.59. The van der Waals surface area contributed by atoms with Gasteiger partial charge >= 0.3 is 0 Å². The molecule has 0 fully saturated rings. The molecule has 53 heavy (non-hydrogen) atoms. The number of hydrogen-bond donors (Lipinski definition) is 0. The molecule has 1 heterocycles. The van der Waals surface area contributed by atoms with E-state index < -0.39 is 0 Å². The van der Waals surface area contributed by atoms with Crippen molar-refractivity contribution in [2.45, 2.75) is 57.8 Å². The van der Waals surface area contributed by atoms with Gasteiger partial charge in [-0.1, -0.05) is 151 Å². The van der Waals surface area contributed by atoms with Crippen LogP contribution in [-0.2, 0) is 16.2 Å². The van der Waals surface area contributed by atoms with Crippen LogP contribution in [0.2, 0.25) is 0 Å². The molecule has 1 heteroatoms. The van der Waals surface area contributed by atoms with Crippen molar-refractivity contribution in [3.63, 3.8) is 0 Å². The highest BCUT2D eigenvalue weighted by atomic mass is 15.0. The summed E-state index contributed by atoms with van der Waals surface area (Å²) in [5.74, 6) is 0. The van der Waals surface area contributed by atoms with Crippen molar-refractivity contribution in [2.75, 3.05) is 0 Å². The number of fused-ring (bicyclic) bond motifs is 14. The van der Waals surface area contributed by atoms with Gasteiger partial charge < -0.3 is 4.57 Å². The highest BCUT2D eigenvalue weighted by Gasteiger charge is 2.57. The van der Waals surface area contributed by atoms with Gasteiger partial charge in [0.25, 0.3) is 0 Å². The second-order valence-electron chi connectivity index (χ2n) is 17.3. The first-order valence-electron chi connectivity index (χ1n) is 19.2. The average Bonchev–Trinajstić information content (AvgIpc) is 3.80. The molecule has 3 aliphatic rings. The van der Waals surface area contributed by atoms with Gasteiger partial charge in [0.2, 0.25) is 0 Å². The fraction of sp³-hybridized carbons (Fsp3) is 0.192. The fourth-order valence-electron chi connectivity index (χ4n) is 10.9. The van der Waals surface area contributed by atoms with Crippen LogP contribution < -0.4 is 0 Å². The van der Waals surface area contributed by atoms with E-state index in [2.05, 4.69) is 198 Å². The van der Waals surface area contributed by atoms with E-state index in [0.717, 1.165) is 0 Å². The Kier molecular flexibility index (Phi) is 5.87. The molecule has 1 nitrogen and oxygen atoms in total. The van der Waals surface area contributed by atoms with Crippen LogP contribution in [0.15, 0.2) is 152 Å². The van der Waals surface area contributed by atoms with E-state index in [9.17, 15) is 0 Å². The summed E-state index contributed by atoms with van der Waals surface area (Å²) >= 11 is 0. The van der Waals surface area contributed by atoms with Gasteiger partial charge in [0.1, 0.15) is 0 Å². The van der Waals surface area contributed by atoms with Crippen molar-refractivity contribution in [1.82, 2.24) is 4.57 Å². The maximum atomic E-state index is 2.55. The number of benzene rings is 7. The third kappa shape index (κ3) is 3.59. The molecule has 0 saturated carbocycles. The van der Waals surface area contributed by atoms with Crippen LogP contribution >= 0.6 is 0 Å². The Balaban J connectivity index is 1.18. The zero-order valence-electron chi connectivity index (χ0n) is 31.4. The van der Waals surface area contributed by atoms with E-state index in [-0.39, 0.29) is 21.7 Å². The molecule has 0 aliphatic heterocycles. The van der Waals surface area contributed by atoms with E-state index in [1.165, 1.54) is 94.3 Å². The van der Waals surface area contributed by atoms with Crippen molar-refractivity contribution in [2.24, 2.45) is 5.41 Å². The third-order valence-electron chi connectivity index (χ3n) is 14.7. The van der Waals surface area contributed by atoms with Gasteiger partial charge in [-0.3, -0.25) is 0 Å². The number of para-hydroxylation sites is 1. The highest BCUT2D eigenvalue weighted by Crippen LogP contribution is 2.64. The van der Waals surface area contributed by atoms with E-state index in [1.807, 2.05) is 0 Å². The Morgan fingerprint density at radius 3 is 1.43 bits per heavy atom. The van der Waals surface area contributed by atoms with Crippen LogP contribution in [0.3, 0.4) is 0 Å². The SMILES string of the molecule is CC1(C)c2cc3c4cc(-c5ccc6c(c5)C5(c7ccccc7-c7ccccc75)c5ccccc5-6)ccc4n(-c4ccccc4)c3cc2C(C)(C)C1(C)C. The van der Waals surface area contributed by atoms with Crippen LogP contribution in [0.4, 0.5) is 0 Å². The Morgan fingerprint density at radius 2 is 0.830 bits per heavy atom. The monoisotopic (exact) mass is 681 g/mol. The number of hydrogen-bond acceptors (Lipinski definition) is 0. The molecular formula is C52H43N. The van der Waals surface area contributed by atoms with Crippen LogP contribution in [0, 0.1) is 5.41 Å². The molecule has 8 aromatic rings. The first-order valence-corrected chi connectivity index (χ1v) is 19.2. The lowest BCUT2D eigenvalue weighted by molar-refractivity contribution is 0.125. The van der Waals surface area contributed by atoms with Gasteiger partial charge in [-0.05, 0) is 125 Å². The third-order valence-corrected chi connectivity index (χ3v) is 14.7. The smallest absolute Gasteiger partial charge is 0.0725 e. The standard InChI is InChI=1S/C52H43N/c1-49(2)45-30-40-39-28-32(25-27-47(39)53(34-16-8-7-9-17-34)48(40)31-46(45)50(3,4)51(49,5)6)33-24-26-38-37-20-12-15-23-43(37)52(44(38)29-33)41-21-13-10-18-35(41)36-19-11-14-22-42(36)52/h7-31H,1-6H3. The van der Waals surface area contributed by atoms with Gasteiger partial charge in [-0.2, -0.15) is 0 Å². The van der Waals surface area contributed by atoms with Gasteiger partial charge in [-0.25, -0.2) is 0 Å². The van der Waals surface area contributed by atoms with E-state index >= 15 is 0 Å². The van der Waals surface area contributed by atoms with Crippen LogP contribution in [-0.4, -0.2) is 4.57 Å². The largest absolute Gasteiger partial charge is 0.309 e. The molecule has 1 aromatic heterocycles. The van der Waals surface area contributed by atoms with Crippen molar-refractivity contribution >= 4 is 21.8 Å². The molecule has 0 radical (unpaired) electrons. The zero-order chi connectivity index (χ0) is 36.1. The Morgan fingerprint density at radius 1 is 0.358 bits per heavy atom. The van der Waals surface area contributed by atoms with Crippen molar-refractivity contribution < 1.29 is 0 Å². The number of aromatic nitrogens is 1. The first kappa shape index (κ1) is 30.9. The average molecular weight is 682 g/mol. The van der Waals surface area contributed by atoms with E-state index in [0.29, 0.717) is 0 Å². The summed E-state index contributed by atoms with van der Waals surface area (Å²) in [5, 5.41) is 2.63. The fourth-order valence-corrected chi connectivity index (χ4v) is 10.9. The summed E-state index contributed by atoms with van der Waals surface area (Å²) in [7, 11) is 0. The highest BCUT2D eigenvalue weighted by molar-refractivity contribution is 6.11. The van der Waals surface area contributed by atoms with Crippen LogP contribution in [0.1, 0.15) is 74.9 Å². The summed E-state index contributed by atoms with van der Waals surface area (Å²) in [6, 6.07) is 57.7. The van der Waals surface area contributed by atoms with E-state index in [4.69, 9.17) is 0 Å². The Hall–Kier alpha value is -5.66. The summed E-state index contributed by atoms with van der Waals surface area (Å²) in [6.07, 6.45) is 0. The lowest BCUT2D eigenvalue weighted by Crippen LogP contribution is -2.42. The molecule has 0 saturated heterocycles. The van der Waals surface area contributed by atoms with Crippen LogP contribution in [0.25, 0.3) is 60.9 Å². The van der Waals surface area contributed by atoms with Crippen molar-refractivity contribution in [3.8, 4) is 39.1 Å². The zero-order valence-corrected chi connectivity index (χ0v) is 31.4. The number of rotatable bonds is 2. The minimum Gasteiger partial charge on any atom is -0.309 e. The quantitative estimate of drug-likeness (QED) is 0.171. The molecule has 11 rings (SSSR count). The Labute approximate surface area is 312 Å². The molecule has 1 spiro atoms. The number of nitrogens with zero attached hydrogens (tertiary/aromatic N) is 1. The maximum Gasteiger partial charge on any atom is 0.0725 e. The molecule has 3 aliphatic carbocycles. The first-order chi connectivity index (χ1) is 25.6.